The third-order valence-electron chi connectivity index (χ3n) is 3.73. The van der Waals surface area contributed by atoms with E-state index in [2.05, 4.69) is 15.9 Å². The van der Waals surface area contributed by atoms with Gasteiger partial charge in [-0.1, -0.05) is 15.9 Å². The number of primary amides is 1. The van der Waals surface area contributed by atoms with Crippen LogP contribution in [0.1, 0.15) is 11.1 Å². The Kier molecular flexibility index (Phi) is 7.49. The van der Waals surface area contributed by atoms with E-state index in [0.717, 1.165) is 0 Å². The van der Waals surface area contributed by atoms with Crippen molar-refractivity contribution in [2.75, 3.05) is 7.11 Å². The Labute approximate surface area is 179 Å². The number of halogens is 1. The molecule has 11 heteroatoms. The lowest BCUT2D eigenvalue weighted by atomic mass is 10.1. The summed E-state index contributed by atoms with van der Waals surface area (Å²) in [7, 11) is 1.42. The quantitative estimate of drug-likeness (QED) is 0.270. The highest BCUT2D eigenvalue weighted by Crippen LogP contribution is 2.35. The SMILES string of the molecule is COc1cc(/C=C(/C#N)C(=O)NC(N)=O)c(Br)cc1OCc1ccc([N+](=O)[O-])cc1. The van der Waals surface area contributed by atoms with Gasteiger partial charge in [0.2, 0.25) is 0 Å². The number of ether oxygens (including phenoxy) is 2. The average molecular weight is 475 g/mol. The molecule has 2 rings (SSSR count). The van der Waals surface area contributed by atoms with Gasteiger partial charge < -0.3 is 15.2 Å². The fraction of sp³-hybridized carbons (Fsp3) is 0.105. The predicted octanol–water partition coefficient (Wildman–Crippen LogP) is 3.05. The van der Waals surface area contributed by atoms with Gasteiger partial charge >= 0.3 is 6.03 Å². The topological polar surface area (TPSA) is 158 Å². The summed E-state index contributed by atoms with van der Waals surface area (Å²) in [6, 6.07) is 9.63. The number of nitrogens with one attached hydrogen (secondary N) is 1. The van der Waals surface area contributed by atoms with Crippen molar-refractivity contribution in [3.63, 3.8) is 0 Å². The normalized spacial score (nSPS) is 10.6. The Balaban J connectivity index is 2.25. The number of benzene rings is 2. The number of nitro benzene ring substituents is 1. The zero-order valence-corrected chi connectivity index (χ0v) is 17.1. The van der Waals surface area contributed by atoms with Crippen LogP contribution in [0.5, 0.6) is 11.5 Å². The van der Waals surface area contributed by atoms with Crippen molar-refractivity contribution in [3.05, 3.63) is 67.7 Å². The van der Waals surface area contributed by atoms with Gasteiger partial charge in [-0.25, -0.2) is 4.79 Å². The van der Waals surface area contributed by atoms with E-state index in [-0.39, 0.29) is 17.9 Å². The molecule has 3 amide bonds. The van der Waals surface area contributed by atoms with Gasteiger partial charge in [-0.15, -0.1) is 0 Å². The Morgan fingerprint density at radius 3 is 2.50 bits per heavy atom. The zero-order chi connectivity index (χ0) is 22.3. The molecule has 0 aliphatic heterocycles. The molecule has 0 spiro atoms. The highest BCUT2D eigenvalue weighted by molar-refractivity contribution is 9.10. The number of methoxy groups -OCH3 is 1. The van der Waals surface area contributed by atoms with Crippen molar-refractivity contribution < 1.29 is 24.0 Å². The van der Waals surface area contributed by atoms with Gasteiger partial charge in [-0.2, -0.15) is 5.26 Å². The van der Waals surface area contributed by atoms with Crippen molar-refractivity contribution in [1.29, 1.82) is 5.26 Å². The van der Waals surface area contributed by atoms with Crippen LogP contribution in [-0.4, -0.2) is 24.0 Å². The van der Waals surface area contributed by atoms with E-state index < -0.39 is 16.9 Å². The Morgan fingerprint density at radius 2 is 1.97 bits per heavy atom. The van der Waals surface area contributed by atoms with Crippen molar-refractivity contribution in [2.45, 2.75) is 6.61 Å². The lowest BCUT2D eigenvalue weighted by Gasteiger charge is -2.13. The number of nitriles is 1. The number of non-ortho nitro benzene ring substituents is 1. The standard InChI is InChI=1S/C19H15BrN4O6/c1-29-16-7-12(6-13(9-21)18(25)23-19(22)26)15(20)8-17(16)30-10-11-2-4-14(5-3-11)24(27)28/h2-8H,10H2,1H3,(H3,22,23,25,26)/b13-6-. The van der Waals surface area contributed by atoms with Crippen LogP contribution in [0.4, 0.5) is 10.5 Å². The van der Waals surface area contributed by atoms with Crippen LogP contribution in [0.15, 0.2) is 46.4 Å². The van der Waals surface area contributed by atoms with Crippen molar-refractivity contribution in [1.82, 2.24) is 5.32 Å². The van der Waals surface area contributed by atoms with E-state index in [1.165, 1.54) is 31.4 Å². The summed E-state index contributed by atoms with van der Waals surface area (Å²) in [4.78, 5) is 32.9. The monoisotopic (exact) mass is 474 g/mol. The molecule has 2 aromatic carbocycles. The number of nitrogens with two attached hydrogens (primary N) is 1. The fourth-order valence-corrected chi connectivity index (χ4v) is 2.73. The van der Waals surface area contributed by atoms with Gasteiger partial charge in [-0.05, 0) is 41.5 Å². The van der Waals surface area contributed by atoms with Gasteiger partial charge in [-0.3, -0.25) is 20.2 Å². The van der Waals surface area contributed by atoms with E-state index >= 15 is 0 Å². The molecular formula is C19H15BrN4O6. The van der Waals surface area contributed by atoms with Gasteiger partial charge in [0.1, 0.15) is 18.2 Å². The average Bonchev–Trinajstić information content (AvgIpc) is 2.71. The largest absolute Gasteiger partial charge is 0.493 e. The molecule has 0 aromatic heterocycles. The van der Waals surface area contributed by atoms with Crippen LogP contribution >= 0.6 is 15.9 Å². The Morgan fingerprint density at radius 1 is 1.30 bits per heavy atom. The first kappa shape index (κ1) is 22.4. The molecule has 0 bridgehead atoms. The third kappa shape index (κ3) is 5.79. The van der Waals surface area contributed by atoms with Gasteiger partial charge in [0.25, 0.3) is 11.6 Å². The predicted molar refractivity (Wildman–Crippen MR) is 109 cm³/mol. The minimum Gasteiger partial charge on any atom is -0.493 e. The summed E-state index contributed by atoms with van der Waals surface area (Å²) in [5, 5.41) is 21.7. The van der Waals surface area contributed by atoms with Crippen LogP contribution in [-0.2, 0) is 11.4 Å². The molecule has 10 nitrogen and oxygen atoms in total. The first-order valence-corrected chi connectivity index (χ1v) is 9.00. The maximum Gasteiger partial charge on any atom is 0.319 e. The Bertz CT molecular complexity index is 1060. The summed E-state index contributed by atoms with van der Waals surface area (Å²) in [5.41, 5.74) is 5.66. The van der Waals surface area contributed by atoms with E-state index in [0.29, 0.717) is 27.1 Å². The molecule has 0 atom stereocenters. The maximum absolute atomic E-state index is 11.8. The summed E-state index contributed by atoms with van der Waals surface area (Å²) in [6.45, 7) is 0.125. The second-order valence-electron chi connectivity index (χ2n) is 5.73. The van der Waals surface area contributed by atoms with Crippen molar-refractivity contribution in [2.24, 2.45) is 5.73 Å². The number of hydrogen-bond donors (Lipinski definition) is 2. The number of amides is 3. The van der Waals surface area contributed by atoms with Crippen LogP contribution in [0.25, 0.3) is 6.08 Å². The molecule has 3 N–H and O–H groups in total. The molecule has 0 aliphatic carbocycles. The van der Waals surface area contributed by atoms with E-state index in [1.54, 1.807) is 24.3 Å². The highest BCUT2D eigenvalue weighted by Gasteiger charge is 2.15. The smallest absolute Gasteiger partial charge is 0.319 e. The summed E-state index contributed by atoms with van der Waals surface area (Å²) in [6.07, 6.45) is 1.25. The van der Waals surface area contributed by atoms with E-state index in [1.807, 2.05) is 5.32 Å². The number of nitrogens with zero attached hydrogens (tertiary/aromatic N) is 2. The lowest BCUT2D eigenvalue weighted by molar-refractivity contribution is -0.384. The second kappa shape index (κ2) is 10.0. The number of carbonyl (C=O) groups is 2. The molecule has 0 radical (unpaired) electrons. The lowest BCUT2D eigenvalue weighted by Crippen LogP contribution is -2.35. The highest BCUT2D eigenvalue weighted by atomic mass is 79.9. The molecule has 0 aliphatic rings. The molecule has 0 fully saturated rings. The molecule has 30 heavy (non-hydrogen) atoms. The number of nitro groups is 1. The number of carbonyl (C=O) groups excluding carboxylic acids is 2. The molecule has 0 unspecified atom stereocenters. The summed E-state index contributed by atoms with van der Waals surface area (Å²) < 4.78 is 11.5. The van der Waals surface area contributed by atoms with Crippen LogP contribution < -0.4 is 20.5 Å². The van der Waals surface area contributed by atoms with Crippen molar-refractivity contribution in [3.8, 4) is 17.6 Å². The number of hydrogen-bond acceptors (Lipinski definition) is 7. The van der Waals surface area contributed by atoms with Gasteiger partial charge in [0.15, 0.2) is 11.5 Å². The molecule has 154 valence electrons. The molecule has 2 aromatic rings. The number of rotatable bonds is 7. The Hall–Kier alpha value is -3.91. The van der Waals surface area contributed by atoms with Crippen molar-refractivity contribution >= 4 is 39.6 Å². The summed E-state index contributed by atoms with van der Waals surface area (Å²) in [5.74, 6) is -0.256. The molecular weight excluding hydrogens is 460 g/mol. The molecule has 0 saturated carbocycles. The van der Waals surface area contributed by atoms with E-state index in [9.17, 15) is 19.7 Å². The third-order valence-corrected chi connectivity index (χ3v) is 4.41. The zero-order valence-electron chi connectivity index (χ0n) is 15.5. The summed E-state index contributed by atoms with van der Waals surface area (Å²) >= 11 is 3.33. The molecule has 0 heterocycles. The maximum atomic E-state index is 11.8. The first-order chi connectivity index (χ1) is 14.2. The van der Waals surface area contributed by atoms with Crippen LogP contribution in [0, 0.1) is 21.4 Å². The second-order valence-corrected chi connectivity index (χ2v) is 6.58. The van der Waals surface area contributed by atoms with Crippen LogP contribution in [0.3, 0.4) is 0 Å². The minimum absolute atomic E-state index is 0.0242. The van der Waals surface area contributed by atoms with E-state index in [4.69, 9.17) is 20.5 Å². The number of imide groups is 1. The molecule has 0 saturated heterocycles. The fourth-order valence-electron chi connectivity index (χ4n) is 2.29. The van der Waals surface area contributed by atoms with Gasteiger partial charge in [0, 0.05) is 16.6 Å². The van der Waals surface area contributed by atoms with Crippen LogP contribution in [0.2, 0.25) is 0 Å². The van der Waals surface area contributed by atoms with Gasteiger partial charge in [0.05, 0.1) is 12.0 Å². The minimum atomic E-state index is -1.08. The first-order valence-electron chi connectivity index (χ1n) is 8.21. The number of urea groups is 1.